The Labute approximate surface area is 151 Å². The third-order valence-electron chi connectivity index (χ3n) is 3.25. The van der Waals surface area contributed by atoms with Gasteiger partial charge < -0.3 is 19.8 Å². The maximum atomic E-state index is 5.53. The fourth-order valence-corrected chi connectivity index (χ4v) is 1.98. The molecule has 0 bridgehead atoms. The molecule has 22 heavy (non-hydrogen) atoms. The first kappa shape index (κ1) is 21.2. The highest BCUT2D eigenvalue weighted by Crippen LogP contribution is 2.21. The van der Waals surface area contributed by atoms with E-state index in [1.54, 1.807) is 13.4 Å². The molecule has 0 amide bonds. The predicted octanol–water partition coefficient (Wildman–Crippen LogP) is 3.06. The number of furan rings is 1. The molecule has 1 unspecified atom stereocenters. The van der Waals surface area contributed by atoms with Crippen molar-refractivity contribution in [1.82, 2.24) is 10.6 Å². The maximum absolute atomic E-state index is 5.53. The molecule has 0 saturated heterocycles. The number of nitrogens with one attached hydrogen (secondary N) is 2. The average Bonchev–Trinajstić information content (AvgIpc) is 2.91. The largest absolute Gasteiger partial charge is 0.469 e. The van der Waals surface area contributed by atoms with Crippen molar-refractivity contribution in [2.75, 3.05) is 26.7 Å². The van der Waals surface area contributed by atoms with Crippen molar-refractivity contribution in [3.63, 3.8) is 0 Å². The molecule has 1 heterocycles. The van der Waals surface area contributed by atoms with Crippen LogP contribution in [0.1, 0.15) is 33.5 Å². The molecule has 0 aliphatic rings. The molecule has 0 fully saturated rings. The Morgan fingerprint density at radius 3 is 2.59 bits per heavy atom. The lowest BCUT2D eigenvalue weighted by molar-refractivity contribution is 0.0241. The fourth-order valence-electron chi connectivity index (χ4n) is 1.98. The second kappa shape index (κ2) is 10.9. The van der Waals surface area contributed by atoms with Crippen LogP contribution in [0.3, 0.4) is 0 Å². The molecule has 1 aromatic rings. The Kier molecular flexibility index (Phi) is 10.5. The Hall–Kier alpha value is -0.760. The molecule has 5 nitrogen and oxygen atoms in total. The summed E-state index contributed by atoms with van der Waals surface area (Å²) in [7, 11) is 1.74. The number of hydrogen-bond acceptors (Lipinski definition) is 3. The third-order valence-corrected chi connectivity index (χ3v) is 3.25. The van der Waals surface area contributed by atoms with Gasteiger partial charge in [0.05, 0.1) is 18.9 Å². The number of rotatable bonds is 7. The summed E-state index contributed by atoms with van der Waals surface area (Å²) in [5.41, 5.74) is 0.0732. The van der Waals surface area contributed by atoms with Crippen LogP contribution in [0.25, 0.3) is 0 Å². The van der Waals surface area contributed by atoms with Crippen molar-refractivity contribution in [2.45, 2.75) is 40.2 Å². The van der Waals surface area contributed by atoms with Gasteiger partial charge in [-0.2, -0.15) is 0 Å². The zero-order chi connectivity index (χ0) is 15.7. The van der Waals surface area contributed by atoms with Crippen LogP contribution in [0.2, 0.25) is 0 Å². The third kappa shape index (κ3) is 8.03. The molecular formula is C16H30IN3O2. The van der Waals surface area contributed by atoms with E-state index in [1.165, 1.54) is 0 Å². The van der Waals surface area contributed by atoms with Gasteiger partial charge in [0.2, 0.25) is 0 Å². The van der Waals surface area contributed by atoms with E-state index in [-0.39, 0.29) is 35.5 Å². The summed E-state index contributed by atoms with van der Waals surface area (Å²) in [6, 6.07) is 3.88. The van der Waals surface area contributed by atoms with Crippen LogP contribution in [-0.4, -0.2) is 38.8 Å². The Morgan fingerprint density at radius 1 is 1.36 bits per heavy atom. The van der Waals surface area contributed by atoms with E-state index >= 15 is 0 Å². The van der Waals surface area contributed by atoms with Crippen molar-refractivity contribution < 1.29 is 9.15 Å². The maximum Gasteiger partial charge on any atom is 0.191 e. The van der Waals surface area contributed by atoms with Crippen molar-refractivity contribution >= 4 is 29.9 Å². The summed E-state index contributed by atoms with van der Waals surface area (Å²) in [6.07, 6.45) is 2.63. The fraction of sp³-hybridized carbons (Fsp3) is 0.688. The minimum atomic E-state index is 0. The highest BCUT2D eigenvalue weighted by atomic mass is 127. The minimum absolute atomic E-state index is 0. The standard InChI is InChI=1S/C16H29N3O2.HI/c1-6-17-15(18-10-9-13-8-7-11-21-13)19-12-14(20-5)16(2,3)4;/h7-8,11,14H,6,9-10,12H2,1-5H3,(H2,17,18,19);1H. The van der Waals surface area contributed by atoms with E-state index < -0.39 is 0 Å². The first-order valence-electron chi connectivity index (χ1n) is 7.54. The van der Waals surface area contributed by atoms with Crippen LogP contribution in [-0.2, 0) is 11.2 Å². The number of ether oxygens (including phenoxy) is 1. The number of halogens is 1. The number of methoxy groups -OCH3 is 1. The molecule has 0 spiro atoms. The lowest BCUT2D eigenvalue weighted by Crippen LogP contribution is -2.40. The van der Waals surface area contributed by atoms with Gasteiger partial charge in [-0.25, -0.2) is 0 Å². The molecule has 6 heteroatoms. The molecule has 1 atom stereocenters. The molecule has 1 aromatic heterocycles. The predicted molar refractivity (Wildman–Crippen MR) is 102 cm³/mol. The van der Waals surface area contributed by atoms with Gasteiger partial charge >= 0.3 is 0 Å². The van der Waals surface area contributed by atoms with Gasteiger partial charge in [0.1, 0.15) is 5.76 Å². The lowest BCUT2D eigenvalue weighted by atomic mass is 9.89. The van der Waals surface area contributed by atoms with Crippen LogP contribution in [0.5, 0.6) is 0 Å². The van der Waals surface area contributed by atoms with Gasteiger partial charge in [-0.3, -0.25) is 4.99 Å². The Balaban J connectivity index is 0.00000441. The van der Waals surface area contributed by atoms with Crippen LogP contribution >= 0.6 is 24.0 Å². The average molecular weight is 423 g/mol. The summed E-state index contributed by atoms with van der Waals surface area (Å²) in [4.78, 5) is 4.61. The number of guanidine groups is 1. The molecular weight excluding hydrogens is 393 g/mol. The van der Waals surface area contributed by atoms with Gasteiger partial charge in [-0.15, -0.1) is 24.0 Å². The van der Waals surface area contributed by atoms with Gasteiger partial charge in [0.15, 0.2) is 5.96 Å². The summed E-state index contributed by atoms with van der Waals surface area (Å²) in [6.45, 7) is 10.8. The van der Waals surface area contributed by atoms with Crippen LogP contribution in [0.4, 0.5) is 0 Å². The molecule has 1 rings (SSSR count). The second-order valence-electron chi connectivity index (χ2n) is 6.07. The topological polar surface area (TPSA) is 58.8 Å². The van der Waals surface area contributed by atoms with E-state index in [0.29, 0.717) is 6.54 Å². The van der Waals surface area contributed by atoms with E-state index in [1.807, 2.05) is 12.1 Å². The van der Waals surface area contributed by atoms with Crippen LogP contribution in [0, 0.1) is 5.41 Å². The molecule has 0 aliphatic carbocycles. The molecule has 0 saturated carbocycles. The zero-order valence-electron chi connectivity index (χ0n) is 14.3. The van der Waals surface area contributed by atoms with Crippen molar-refractivity contribution in [3.8, 4) is 0 Å². The summed E-state index contributed by atoms with van der Waals surface area (Å²) < 4.78 is 10.8. The molecule has 2 N–H and O–H groups in total. The molecule has 0 aliphatic heterocycles. The molecule has 0 radical (unpaired) electrons. The molecule has 128 valence electrons. The zero-order valence-corrected chi connectivity index (χ0v) is 16.6. The quantitative estimate of drug-likeness (QED) is 0.402. The number of aliphatic imine (C=N–C) groups is 1. The lowest BCUT2D eigenvalue weighted by Gasteiger charge is -2.28. The first-order valence-corrected chi connectivity index (χ1v) is 7.54. The monoisotopic (exact) mass is 423 g/mol. The normalized spacial score (nSPS) is 13.4. The van der Waals surface area contributed by atoms with E-state index in [0.717, 1.165) is 31.2 Å². The van der Waals surface area contributed by atoms with Gasteiger partial charge in [0.25, 0.3) is 0 Å². The number of hydrogen-bond donors (Lipinski definition) is 2. The summed E-state index contributed by atoms with van der Waals surface area (Å²) in [5.74, 6) is 1.79. The van der Waals surface area contributed by atoms with Gasteiger partial charge in [0, 0.05) is 26.6 Å². The van der Waals surface area contributed by atoms with Crippen LogP contribution < -0.4 is 10.6 Å². The van der Waals surface area contributed by atoms with Crippen molar-refractivity contribution in [2.24, 2.45) is 10.4 Å². The Morgan fingerprint density at radius 2 is 2.09 bits per heavy atom. The number of nitrogens with zero attached hydrogens (tertiary/aromatic N) is 1. The molecule has 0 aromatic carbocycles. The highest BCUT2D eigenvalue weighted by molar-refractivity contribution is 14.0. The van der Waals surface area contributed by atoms with Crippen molar-refractivity contribution in [3.05, 3.63) is 24.2 Å². The van der Waals surface area contributed by atoms with Crippen LogP contribution in [0.15, 0.2) is 27.8 Å². The second-order valence-corrected chi connectivity index (χ2v) is 6.07. The van der Waals surface area contributed by atoms with E-state index in [2.05, 4.69) is 43.3 Å². The van der Waals surface area contributed by atoms with E-state index in [4.69, 9.17) is 9.15 Å². The highest BCUT2D eigenvalue weighted by Gasteiger charge is 2.23. The van der Waals surface area contributed by atoms with Crippen molar-refractivity contribution in [1.29, 1.82) is 0 Å². The van der Waals surface area contributed by atoms with E-state index in [9.17, 15) is 0 Å². The summed E-state index contributed by atoms with van der Waals surface area (Å²) in [5, 5.41) is 6.56. The van der Waals surface area contributed by atoms with Gasteiger partial charge in [-0.05, 0) is 24.5 Å². The smallest absolute Gasteiger partial charge is 0.191 e. The SMILES string of the molecule is CCNC(=NCC(OC)C(C)(C)C)NCCc1ccco1.I. The Bertz CT molecular complexity index is 414. The van der Waals surface area contributed by atoms with Gasteiger partial charge in [-0.1, -0.05) is 20.8 Å². The first-order chi connectivity index (χ1) is 9.97. The minimum Gasteiger partial charge on any atom is -0.469 e. The summed E-state index contributed by atoms with van der Waals surface area (Å²) >= 11 is 0.